The third-order valence-electron chi connectivity index (χ3n) is 2.47. The number of anilines is 1. The molecule has 3 rings (SSSR count). The van der Waals surface area contributed by atoms with Gasteiger partial charge in [0.05, 0.1) is 11.9 Å². The number of nitrogen functional groups attached to an aromatic ring is 1. The van der Waals surface area contributed by atoms with E-state index in [0.717, 1.165) is 15.7 Å². The minimum atomic E-state index is 0.615. The fraction of sp³-hybridized carbons (Fsp3) is 0. The number of halogens is 2. The van der Waals surface area contributed by atoms with Crippen LogP contribution in [-0.2, 0) is 0 Å². The molecule has 2 heterocycles. The van der Waals surface area contributed by atoms with Crippen molar-refractivity contribution in [2.75, 3.05) is 5.73 Å². The van der Waals surface area contributed by atoms with Gasteiger partial charge in [0.2, 0.25) is 0 Å². The summed E-state index contributed by atoms with van der Waals surface area (Å²) in [5.41, 5.74) is 7.95. The molecule has 0 aliphatic heterocycles. The van der Waals surface area contributed by atoms with E-state index < -0.39 is 0 Å². The largest absolute Gasteiger partial charge is 0.397 e. The summed E-state index contributed by atoms with van der Waals surface area (Å²) in [5.74, 6) is 0.615. The van der Waals surface area contributed by atoms with Crippen LogP contribution >= 0.6 is 27.5 Å². The van der Waals surface area contributed by atoms with Gasteiger partial charge in [-0.1, -0.05) is 27.5 Å². The standard InChI is InChI=1S/C12H8BrClN4/c13-8-3-7(4-9(14)5-8)12-16-11-2-1-10(15)6-18(11)17-12/h1-6H,15H2. The van der Waals surface area contributed by atoms with E-state index in [2.05, 4.69) is 26.0 Å². The molecule has 0 saturated heterocycles. The van der Waals surface area contributed by atoms with Crippen molar-refractivity contribution in [3.63, 3.8) is 0 Å². The molecule has 6 heteroatoms. The lowest BCUT2D eigenvalue weighted by Gasteiger charge is -1.97. The second-order valence-electron chi connectivity index (χ2n) is 3.86. The average molecular weight is 324 g/mol. The number of nitrogens with zero attached hydrogens (tertiary/aromatic N) is 3. The maximum absolute atomic E-state index is 6.01. The van der Waals surface area contributed by atoms with Crippen molar-refractivity contribution in [2.45, 2.75) is 0 Å². The van der Waals surface area contributed by atoms with E-state index in [-0.39, 0.29) is 0 Å². The monoisotopic (exact) mass is 322 g/mol. The Kier molecular flexibility index (Phi) is 2.72. The smallest absolute Gasteiger partial charge is 0.182 e. The number of fused-ring (bicyclic) bond motifs is 1. The van der Waals surface area contributed by atoms with Crippen molar-refractivity contribution >= 4 is 38.9 Å². The van der Waals surface area contributed by atoms with Crippen molar-refractivity contribution in [3.05, 3.63) is 46.0 Å². The number of aromatic nitrogens is 3. The Bertz CT molecular complexity index is 718. The van der Waals surface area contributed by atoms with Crippen molar-refractivity contribution in [2.24, 2.45) is 0 Å². The van der Waals surface area contributed by atoms with Gasteiger partial charge in [0.15, 0.2) is 11.5 Å². The van der Waals surface area contributed by atoms with Crippen LogP contribution < -0.4 is 5.73 Å². The van der Waals surface area contributed by atoms with Gasteiger partial charge in [0.25, 0.3) is 0 Å². The predicted octanol–water partition coefficient (Wildman–Crippen LogP) is 3.39. The molecular formula is C12H8BrClN4. The lowest BCUT2D eigenvalue weighted by Crippen LogP contribution is -1.91. The van der Waals surface area contributed by atoms with Crippen LogP contribution in [0.3, 0.4) is 0 Å². The van der Waals surface area contributed by atoms with Crippen LogP contribution in [-0.4, -0.2) is 14.6 Å². The van der Waals surface area contributed by atoms with Gasteiger partial charge in [-0.15, -0.1) is 5.10 Å². The quantitative estimate of drug-likeness (QED) is 0.747. The maximum Gasteiger partial charge on any atom is 0.182 e. The molecule has 4 nitrogen and oxygen atoms in total. The molecule has 0 spiro atoms. The highest BCUT2D eigenvalue weighted by Gasteiger charge is 2.08. The number of pyridine rings is 1. The number of hydrogen-bond acceptors (Lipinski definition) is 3. The Balaban J connectivity index is 2.19. The summed E-state index contributed by atoms with van der Waals surface area (Å²) in [7, 11) is 0. The van der Waals surface area contributed by atoms with Crippen LogP contribution in [0.2, 0.25) is 5.02 Å². The molecule has 1 aromatic carbocycles. The number of nitrogens with two attached hydrogens (primary N) is 1. The summed E-state index contributed by atoms with van der Waals surface area (Å²) in [6, 6.07) is 9.18. The molecule has 0 atom stereocenters. The van der Waals surface area contributed by atoms with Gasteiger partial charge >= 0.3 is 0 Å². The Hall–Kier alpha value is -1.59. The van der Waals surface area contributed by atoms with E-state index in [9.17, 15) is 0 Å². The van der Waals surface area contributed by atoms with Gasteiger partial charge in [0, 0.05) is 15.1 Å². The first-order valence-electron chi connectivity index (χ1n) is 5.20. The third-order valence-corrected chi connectivity index (χ3v) is 3.15. The van der Waals surface area contributed by atoms with E-state index >= 15 is 0 Å². The zero-order chi connectivity index (χ0) is 12.7. The Morgan fingerprint density at radius 3 is 2.83 bits per heavy atom. The molecule has 0 bridgehead atoms. The van der Waals surface area contributed by atoms with E-state index in [1.54, 1.807) is 16.8 Å². The molecule has 0 fully saturated rings. The first kappa shape index (κ1) is 11.5. The van der Waals surface area contributed by atoms with Crippen molar-refractivity contribution in [1.29, 1.82) is 0 Å². The summed E-state index contributed by atoms with van der Waals surface area (Å²) < 4.78 is 2.54. The summed E-state index contributed by atoms with van der Waals surface area (Å²) in [5, 5.41) is 5.01. The van der Waals surface area contributed by atoms with E-state index in [1.165, 1.54) is 0 Å². The normalized spacial score (nSPS) is 11.0. The van der Waals surface area contributed by atoms with E-state index in [0.29, 0.717) is 16.5 Å². The van der Waals surface area contributed by atoms with Crippen molar-refractivity contribution < 1.29 is 0 Å². The fourth-order valence-corrected chi connectivity index (χ4v) is 2.56. The van der Waals surface area contributed by atoms with Crippen LogP contribution in [0.1, 0.15) is 0 Å². The highest BCUT2D eigenvalue weighted by atomic mass is 79.9. The molecule has 0 aliphatic rings. The van der Waals surface area contributed by atoms with Crippen LogP contribution in [0.25, 0.3) is 17.0 Å². The van der Waals surface area contributed by atoms with E-state index in [4.69, 9.17) is 17.3 Å². The predicted molar refractivity (Wildman–Crippen MR) is 75.5 cm³/mol. The van der Waals surface area contributed by atoms with Crippen LogP contribution in [0.4, 0.5) is 5.69 Å². The lowest BCUT2D eigenvalue weighted by molar-refractivity contribution is 0.968. The van der Waals surface area contributed by atoms with E-state index in [1.807, 2.05) is 24.3 Å². The summed E-state index contributed by atoms with van der Waals surface area (Å²) >= 11 is 9.41. The minimum Gasteiger partial charge on any atom is -0.397 e. The van der Waals surface area contributed by atoms with Gasteiger partial charge in [-0.2, -0.15) is 0 Å². The first-order valence-corrected chi connectivity index (χ1v) is 6.37. The number of hydrogen-bond donors (Lipinski definition) is 1. The highest BCUT2D eigenvalue weighted by molar-refractivity contribution is 9.10. The molecule has 90 valence electrons. The molecule has 0 radical (unpaired) electrons. The zero-order valence-electron chi connectivity index (χ0n) is 9.14. The maximum atomic E-state index is 6.01. The molecule has 2 N–H and O–H groups in total. The minimum absolute atomic E-state index is 0.615. The second kappa shape index (κ2) is 4.26. The van der Waals surface area contributed by atoms with Gasteiger partial charge < -0.3 is 5.73 Å². The lowest BCUT2D eigenvalue weighted by atomic mass is 10.2. The Morgan fingerprint density at radius 2 is 2.06 bits per heavy atom. The molecular weight excluding hydrogens is 316 g/mol. The van der Waals surface area contributed by atoms with Crippen LogP contribution in [0.15, 0.2) is 41.0 Å². The Labute approximate surface area is 117 Å². The van der Waals surface area contributed by atoms with Crippen molar-refractivity contribution in [1.82, 2.24) is 14.6 Å². The third kappa shape index (κ3) is 2.07. The van der Waals surface area contributed by atoms with Gasteiger partial charge in [-0.25, -0.2) is 9.50 Å². The van der Waals surface area contributed by atoms with Crippen molar-refractivity contribution in [3.8, 4) is 11.4 Å². The summed E-state index contributed by atoms with van der Waals surface area (Å²) in [6.45, 7) is 0. The molecule has 0 unspecified atom stereocenters. The second-order valence-corrected chi connectivity index (χ2v) is 5.21. The van der Waals surface area contributed by atoms with Gasteiger partial charge in [-0.05, 0) is 30.3 Å². The molecule has 0 aliphatic carbocycles. The number of rotatable bonds is 1. The molecule has 18 heavy (non-hydrogen) atoms. The van der Waals surface area contributed by atoms with Crippen LogP contribution in [0.5, 0.6) is 0 Å². The number of benzene rings is 1. The average Bonchev–Trinajstić information content (AvgIpc) is 2.70. The molecule has 0 saturated carbocycles. The SMILES string of the molecule is Nc1ccc2nc(-c3cc(Cl)cc(Br)c3)nn2c1. The molecule has 2 aromatic heterocycles. The topological polar surface area (TPSA) is 56.2 Å². The zero-order valence-corrected chi connectivity index (χ0v) is 11.5. The first-order chi connectivity index (χ1) is 8.61. The molecule has 3 aromatic rings. The van der Waals surface area contributed by atoms with Gasteiger partial charge in [-0.3, -0.25) is 0 Å². The fourth-order valence-electron chi connectivity index (χ4n) is 1.70. The Morgan fingerprint density at radius 1 is 1.22 bits per heavy atom. The van der Waals surface area contributed by atoms with Gasteiger partial charge in [0.1, 0.15) is 0 Å². The molecule has 0 amide bonds. The van der Waals surface area contributed by atoms with Crippen LogP contribution in [0, 0.1) is 0 Å². The highest BCUT2D eigenvalue weighted by Crippen LogP contribution is 2.25. The summed E-state index contributed by atoms with van der Waals surface area (Å²) in [4.78, 5) is 4.42. The summed E-state index contributed by atoms with van der Waals surface area (Å²) in [6.07, 6.45) is 1.73.